The number of carbonyl (C=O) groups excluding carboxylic acids is 1. The fraction of sp³-hybridized carbons (Fsp3) is 0.125. The molecule has 0 aliphatic carbocycles. The molecule has 5 rings (SSSR count). The van der Waals surface area contributed by atoms with Gasteiger partial charge in [-0.2, -0.15) is 9.61 Å². The molecule has 2 aromatic heterocycles. The zero-order valence-corrected chi connectivity index (χ0v) is 19.4. The van der Waals surface area contributed by atoms with Crippen molar-refractivity contribution in [1.82, 2.24) is 30.4 Å². The highest BCUT2D eigenvalue weighted by atomic mass is 32.1. The minimum atomic E-state index is -0.233. The Bertz CT molecular complexity index is 1470. The maximum absolute atomic E-state index is 12.6. The van der Waals surface area contributed by atoms with E-state index in [1.54, 1.807) is 10.6 Å². The number of aryl methyl sites for hydroxylation is 1. The van der Waals surface area contributed by atoms with Gasteiger partial charge >= 0.3 is 0 Å². The lowest BCUT2D eigenvalue weighted by Gasteiger charge is -2.10. The number of nitrogens with one attached hydrogen (secondary N) is 2. The summed E-state index contributed by atoms with van der Waals surface area (Å²) >= 11 is 6.82. The van der Waals surface area contributed by atoms with Gasteiger partial charge in [-0.05, 0) is 40.7 Å². The maximum atomic E-state index is 12.6. The molecule has 9 heteroatoms. The Morgan fingerprint density at radius 3 is 2.61 bits per heavy atom. The van der Waals surface area contributed by atoms with Crippen LogP contribution in [0.15, 0.2) is 66.7 Å². The third kappa shape index (κ3) is 4.46. The normalized spacial score (nSPS) is 11.1. The SMILES string of the molecule is CCc1nnc2sc(-c3ccc(CNC(=S)NC(=O)c4ccc5ccccc5c4)cc3)nn12. The third-order valence-corrected chi connectivity index (χ3v) is 6.46. The van der Waals surface area contributed by atoms with Gasteiger partial charge in [0.2, 0.25) is 4.96 Å². The number of carbonyl (C=O) groups is 1. The summed E-state index contributed by atoms with van der Waals surface area (Å²) in [6.45, 7) is 2.54. The molecule has 2 heterocycles. The van der Waals surface area contributed by atoms with E-state index in [-0.39, 0.29) is 11.0 Å². The van der Waals surface area contributed by atoms with Crippen LogP contribution in [0.1, 0.15) is 28.7 Å². The summed E-state index contributed by atoms with van der Waals surface area (Å²) in [5.74, 6) is 0.621. The van der Waals surface area contributed by atoms with Gasteiger partial charge in [0.25, 0.3) is 5.91 Å². The second-order valence-electron chi connectivity index (χ2n) is 7.47. The number of nitrogens with zero attached hydrogens (tertiary/aromatic N) is 4. The Morgan fingerprint density at radius 1 is 1.03 bits per heavy atom. The predicted octanol–water partition coefficient (Wildman–Crippen LogP) is 4.37. The molecule has 0 atom stereocenters. The highest BCUT2D eigenvalue weighted by Crippen LogP contribution is 2.25. The Labute approximate surface area is 199 Å². The fourth-order valence-corrected chi connectivity index (χ4v) is 4.52. The number of rotatable bonds is 5. The van der Waals surface area contributed by atoms with Gasteiger partial charge in [-0.1, -0.05) is 72.9 Å². The molecule has 7 nitrogen and oxygen atoms in total. The molecule has 5 aromatic rings. The van der Waals surface area contributed by atoms with Gasteiger partial charge in [0.1, 0.15) is 5.01 Å². The molecule has 2 N–H and O–H groups in total. The van der Waals surface area contributed by atoms with E-state index in [0.29, 0.717) is 12.1 Å². The van der Waals surface area contributed by atoms with Crippen LogP contribution in [0.2, 0.25) is 0 Å². The van der Waals surface area contributed by atoms with Crippen LogP contribution in [0.4, 0.5) is 0 Å². The van der Waals surface area contributed by atoms with E-state index < -0.39 is 0 Å². The summed E-state index contributed by atoms with van der Waals surface area (Å²) in [6, 6.07) is 21.6. The summed E-state index contributed by atoms with van der Waals surface area (Å²) in [6.07, 6.45) is 0.784. The Kier molecular flexibility index (Phi) is 5.80. The van der Waals surface area contributed by atoms with Crippen LogP contribution in [-0.4, -0.2) is 30.8 Å². The Morgan fingerprint density at radius 2 is 1.82 bits per heavy atom. The topological polar surface area (TPSA) is 84.2 Å². The number of fused-ring (bicyclic) bond motifs is 2. The van der Waals surface area contributed by atoms with Gasteiger partial charge in [0, 0.05) is 24.1 Å². The zero-order chi connectivity index (χ0) is 22.8. The molecule has 3 aromatic carbocycles. The molecule has 0 aliphatic rings. The summed E-state index contributed by atoms with van der Waals surface area (Å²) in [5, 5.41) is 22.1. The predicted molar refractivity (Wildman–Crippen MR) is 134 cm³/mol. The van der Waals surface area contributed by atoms with Crippen molar-refractivity contribution in [2.75, 3.05) is 0 Å². The molecular formula is C24H20N6OS2. The molecule has 0 unspecified atom stereocenters. The molecule has 0 fully saturated rings. The van der Waals surface area contributed by atoms with E-state index in [4.69, 9.17) is 12.2 Å². The highest BCUT2D eigenvalue weighted by Gasteiger charge is 2.12. The van der Waals surface area contributed by atoms with Crippen molar-refractivity contribution in [2.45, 2.75) is 19.9 Å². The number of aromatic nitrogens is 4. The van der Waals surface area contributed by atoms with Crippen LogP contribution < -0.4 is 10.6 Å². The number of hydrogen-bond donors (Lipinski definition) is 2. The minimum absolute atomic E-state index is 0.233. The van der Waals surface area contributed by atoms with Crippen LogP contribution in [0.25, 0.3) is 26.3 Å². The summed E-state index contributed by atoms with van der Waals surface area (Å²) in [4.78, 5) is 13.3. The molecule has 33 heavy (non-hydrogen) atoms. The van der Waals surface area contributed by atoms with Crippen LogP contribution in [-0.2, 0) is 13.0 Å². The smallest absolute Gasteiger partial charge is 0.257 e. The number of hydrogen-bond acceptors (Lipinski definition) is 6. The molecule has 0 saturated carbocycles. The molecule has 164 valence electrons. The molecule has 0 aliphatic heterocycles. The van der Waals surface area contributed by atoms with E-state index in [9.17, 15) is 4.79 Å². The Hall–Kier alpha value is -3.69. The van der Waals surface area contributed by atoms with Crippen molar-refractivity contribution in [3.63, 3.8) is 0 Å². The van der Waals surface area contributed by atoms with Gasteiger partial charge in [0.15, 0.2) is 10.9 Å². The largest absolute Gasteiger partial charge is 0.358 e. The lowest BCUT2D eigenvalue weighted by molar-refractivity contribution is 0.0977. The molecular weight excluding hydrogens is 452 g/mol. The van der Waals surface area contributed by atoms with Gasteiger partial charge in [-0.15, -0.1) is 10.2 Å². The summed E-state index contributed by atoms with van der Waals surface area (Å²) in [5.41, 5.74) is 2.63. The lowest BCUT2D eigenvalue weighted by atomic mass is 10.1. The van der Waals surface area contributed by atoms with E-state index in [1.165, 1.54) is 11.3 Å². The van der Waals surface area contributed by atoms with Crippen LogP contribution >= 0.6 is 23.6 Å². The molecule has 0 saturated heterocycles. The third-order valence-electron chi connectivity index (χ3n) is 5.26. The average Bonchev–Trinajstić information content (AvgIpc) is 3.43. The lowest BCUT2D eigenvalue weighted by Crippen LogP contribution is -2.38. The molecule has 0 spiro atoms. The van der Waals surface area contributed by atoms with Crippen molar-refractivity contribution in [2.24, 2.45) is 0 Å². The summed E-state index contributed by atoms with van der Waals surface area (Å²) < 4.78 is 1.80. The van der Waals surface area contributed by atoms with Gasteiger partial charge in [0.05, 0.1) is 0 Å². The van der Waals surface area contributed by atoms with Crippen LogP contribution in [0, 0.1) is 0 Å². The van der Waals surface area contributed by atoms with E-state index in [0.717, 1.165) is 44.1 Å². The average molecular weight is 473 g/mol. The van der Waals surface area contributed by atoms with Crippen molar-refractivity contribution in [1.29, 1.82) is 0 Å². The quantitative estimate of drug-likeness (QED) is 0.370. The maximum Gasteiger partial charge on any atom is 0.257 e. The molecule has 0 radical (unpaired) electrons. The zero-order valence-electron chi connectivity index (χ0n) is 17.8. The molecule has 1 amide bonds. The second kappa shape index (κ2) is 9.05. The fourth-order valence-electron chi connectivity index (χ4n) is 3.49. The number of thiocarbonyl (C=S) groups is 1. The van der Waals surface area contributed by atoms with Crippen molar-refractivity contribution in [3.8, 4) is 10.6 Å². The van der Waals surface area contributed by atoms with E-state index in [1.807, 2.05) is 67.6 Å². The van der Waals surface area contributed by atoms with Crippen molar-refractivity contribution >= 4 is 50.3 Å². The first-order valence-corrected chi connectivity index (χ1v) is 11.7. The minimum Gasteiger partial charge on any atom is -0.358 e. The van der Waals surface area contributed by atoms with Gasteiger partial charge in [-0.25, -0.2) is 0 Å². The summed E-state index contributed by atoms with van der Waals surface area (Å²) in [7, 11) is 0. The van der Waals surface area contributed by atoms with Gasteiger partial charge < -0.3 is 5.32 Å². The second-order valence-corrected chi connectivity index (χ2v) is 8.83. The van der Waals surface area contributed by atoms with Crippen LogP contribution in [0.5, 0.6) is 0 Å². The Balaban J connectivity index is 1.19. The standard InChI is InChI=1S/C24H20N6OS2/c1-2-20-27-28-24-30(20)29-22(33-24)17-9-7-15(8-10-17)14-25-23(32)26-21(31)19-12-11-16-5-3-4-6-18(16)13-19/h3-13H,2,14H2,1H3,(H2,25,26,31,32). The van der Waals surface area contributed by atoms with Crippen LogP contribution in [0.3, 0.4) is 0 Å². The van der Waals surface area contributed by atoms with Crippen molar-refractivity contribution < 1.29 is 4.79 Å². The molecule has 0 bridgehead atoms. The van der Waals surface area contributed by atoms with E-state index in [2.05, 4.69) is 25.9 Å². The number of amides is 1. The van der Waals surface area contributed by atoms with E-state index >= 15 is 0 Å². The van der Waals surface area contributed by atoms with Gasteiger partial charge in [-0.3, -0.25) is 10.1 Å². The first-order chi connectivity index (χ1) is 16.1. The highest BCUT2D eigenvalue weighted by molar-refractivity contribution is 7.80. The first-order valence-electron chi connectivity index (χ1n) is 10.5. The monoisotopic (exact) mass is 472 g/mol. The van der Waals surface area contributed by atoms with Crippen molar-refractivity contribution in [3.05, 3.63) is 83.7 Å². The first kappa shape index (κ1) is 21.2. The number of benzene rings is 3.